The molecule has 0 bridgehead atoms. The van der Waals surface area contributed by atoms with Crippen LogP contribution < -0.4 is 10.5 Å². The van der Waals surface area contributed by atoms with Gasteiger partial charge in [0.05, 0.1) is 13.5 Å². The number of ether oxygens (including phenoxy) is 1. The van der Waals surface area contributed by atoms with Crippen molar-refractivity contribution in [3.05, 3.63) is 29.3 Å². The van der Waals surface area contributed by atoms with Crippen molar-refractivity contribution < 1.29 is 14.6 Å². The Hall–Kier alpha value is -1.55. The Balaban J connectivity index is 3.02. The largest absolute Gasteiger partial charge is 0.496 e. The van der Waals surface area contributed by atoms with Crippen molar-refractivity contribution in [1.82, 2.24) is 0 Å². The van der Waals surface area contributed by atoms with E-state index in [1.807, 2.05) is 19.1 Å². The molecule has 0 saturated carbocycles. The number of benzene rings is 1. The summed E-state index contributed by atoms with van der Waals surface area (Å²) in [6.07, 6.45) is -0.0974. The molecule has 0 aliphatic heterocycles. The van der Waals surface area contributed by atoms with Gasteiger partial charge in [0.2, 0.25) is 0 Å². The molecule has 1 aromatic carbocycles. The lowest BCUT2D eigenvalue weighted by Crippen LogP contribution is -2.16. The number of aryl methyl sites for hydroxylation is 1. The third-order valence-electron chi connectivity index (χ3n) is 2.24. The fourth-order valence-electron chi connectivity index (χ4n) is 1.54. The van der Waals surface area contributed by atoms with Crippen LogP contribution in [0.3, 0.4) is 0 Å². The molecule has 0 heterocycles. The summed E-state index contributed by atoms with van der Waals surface area (Å²) in [5.74, 6) is -0.239. The van der Waals surface area contributed by atoms with Gasteiger partial charge >= 0.3 is 5.97 Å². The van der Waals surface area contributed by atoms with E-state index < -0.39 is 12.0 Å². The van der Waals surface area contributed by atoms with Crippen LogP contribution in [0.5, 0.6) is 5.75 Å². The number of hydrogen-bond donors (Lipinski definition) is 2. The van der Waals surface area contributed by atoms with Gasteiger partial charge in [0.25, 0.3) is 0 Å². The summed E-state index contributed by atoms with van der Waals surface area (Å²) in [5.41, 5.74) is 7.47. The summed E-state index contributed by atoms with van der Waals surface area (Å²) in [7, 11) is 1.55. The topological polar surface area (TPSA) is 72.5 Å². The summed E-state index contributed by atoms with van der Waals surface area (Å²) in [6, 6.07) is 5.00. The minimum Gasteiger partial charge on any atom is -0.496 e. The normalized spacial score (nSPS) is 12.2. The molecule has 0 aromatic heterocycles. The quantitative estimate of drug-likeness (QED) is 0.787. The van der Waals surface area contributed by atoms with Crippen molar-refractivity contribution in [2.24, 2.45) is 5.73 Å². The van der Waals surface area contributed by atoms with E-state index in [1.54, 1.807) is 13.2 Å². The van der Waals surface area contributed by atoms with Gasteiger partial charge in [-0.2, -0.15) is 0 Å². The zero-order valence-electron chi connectivity index (χ0n) is 8.86. The summed E-state index contributed by atoms with van der Waals surface area (Å²) in [6.45, 7) is 1.90. The Morgan fingerprint density at radius 2 is 2.27 bits per heavy atom. The van der Waals surface area contributed by atoms with Gasteiger partial charge in [-0.15, -0.1) is 0 Å². The van der Waals surface area contributed by atoms with Crippen molar-refractivity contribution in [3.8, 4) is 5.75 Å². The summed E-state index contributed by atoms with van der Waals surface area (Å²) in [5, 5.41) is 8.66. The maximum Gasteiger partial charge on any atom is 0.305 e. The fraction of sp³-hybridized carbons (Fsp3) is 0.364. The first-order valence-corrected chi connectivity index (χ1v) is 4.67. The molecule has 82 valence electrons. The fourth-order valence-corrected chi connectivity index (χ4v) is 1.54. The van der Waals surface area contributed by atoms with Crippen molar-refractivity contribution in [1.29, 1.82) is 0 Å². The van der Waals surface area contributed by atoms with Crippen molar-refractivity contribution in [2.45, 2.75) is 19.4 Å². The van der Waals surface area contributed by atoms with E-state index in [-0.39, 0.29) is 6.42 Å². The molecule has 0 amide bonds. The van der Waals surface area contributed by atoms with Gasteiger partial charge in [-0.3, -0.25) is 4.79 Å². The van der Waals surface area contributed by atoms with Gasteiger partial charge in [-0.25, -0.2) is 0 Å². The molecule has 0 radical (unpaired) electrons. The van der Waals surface area contributed by atoms with Gasteiger partial charge in [0, 0.05) is 11.6 Å². The minimum absolute atomic E-state index is 0.0974. The number of aliphatic carboxylic acids is 1. The second-order valence-electron chi connectivity index (χ2n) is 3.40. The van der Waals surface area contributed by atoms with Crippen molar-refractivity contribution in [2.75, 3.05) is 7.11 Å². The lowest BCUT2D eigenvalue weighted by Gasteiger charge is -2.15. The average Bonchev–Trinajstić information content (AvgIpc) is 2.16. The van der Waals surface area contributed by atoms with Gasteiger partial charge in [0.15, 0.2) is 0 Å². The van der Waals surface area contributed by atoms with E-state index in [0.29, 0.717) is 5.75 Å². The van der Waals surface area contributed by atoms with Gasteiger partial charge in [-0.1, -0.05) is 18.2 Å². The Morgan fingerprint density at radius 3 is 2.80 bits per heavy atom. The third-order valence-corrected chi connectivity index (χ3v) is 2.24. The van der Waals surface area contributed by atoms with Crippen LogP contribution >= 0.6 is 0 Å². The second kappa shape index (κ2) is 4.79. The van der Waals surface area contributed by atoms with E-state index in [2.05, 4.69) is 0 Å². The SMILES string of the molecule is COc1c(C)cccc1C(N)CC(=O)O. The molecule has 0 aliphatic carbocycles. The van der Waals surface area contributed by atoms with Gasteiger partial charge < -0.3 is 15.6 Å². The highest BCUT2D eigenvalue weighted by molar-refractivity contribution is 5.68. The molecular formula is C11H15NO3. The molecule has 0 spiro atoms. The third kappa shape index (κ3) is 2.70. The predicted octanol–water partition coefficient (Wildman–Crippen LogP) is 1.48. The van der Waals surface area contributed by atoms with E-state index in [4.69, 9.17) is 15.6 Å². The van der Waals surface area contributed by atoms with Crippen LogP contribution in [0.4, 0.5) is 0 Å². The minimum atomic E-state index is -0.911. The lowest BCUT2D eigenvalue weighted by atomic mass is 10.0. The molecule has 1 atom stereocenters. The van der Waals surface area contributed by atoms with Crippen LogP contribution in [0.2, 0.25) is 0 Å². The standard InChI is InChI=1S/C11H15NO3/c1-7-4-3-5-8(11(7)15-2)9(12)6-10(13)14/h3-5,9H,6,12H2,1-2H3,(H,13,14). The number of carbonyl (C=O) groups is 1. The molecule has 0 saturated heterocycles. The van der Waals surface area contributed by atoms with Crippen molar-refractivity contribution in [3.63, 3.8) is 0 Å². The molecule has 0 aliphatic rings. The van der Waals surface area contributed by atoms with E-state index in [9.17, 15) is 4.79 Å². The molecule has 4 nitrogen and oxygen atoms in total. The number of methoxy groups -OCH3 is 1. The maximum atomic E-state index is 10.5. The van der Waals surface area contributed by atoms with Crippen LogP contribution in [0.15, 0.2) is 18.2 Å². The molecule has 4 heteroatoms. The second-order valence-corrected chi connectivity index (χ2v) is 3.40. The number of para-hydroxylation sites is 1. The zero-order chi connectivity index (χ0) is 11.4. The molecular weight excluding hydrogens is 194 g/mol. The summed E-state index contributed by atoms with van der Waals surface area (Å²) < 4.78 is 5.21. The Labute approximate surface area is 88.7 Å². The molecule has 1 unspecified atom stereocenters. The first-order valence-electron chi connectivity index (χ1n) is 4.67. The van der Waals surface area contributed by atoms with E-state index in [0.717, 1.165) is 11.1 Å². The first-order chi connectivity index (χ1) is 7.06. The molecule has 1 aromatic rings. The zero-order valence-corrected chi connectivity index (χ0v) is 8.86. The number of carboxylic acid groups (broad SMARTS) is 1. The number of rotatable bonds is 4. The molecule has 1 rings (SSSR count). The maximum absolute atomic E-state index is 10.5. The Morgan fingerprint density at radius 1 is 1.60 bits per heavy atom. The molecule has 0 fully saturated rings. The monoisotopic (exact) mass is 209 g/mol. The highest BCUT2D eigenvalue weighted by Crippen LogP contribution is 2.28. The van der Waals surface area contributed by atoms with Crippen LogP contribution in [-0.4, -0.2) is 18.2 Å². The summed E-state index contributed by atoms with van der Waals surface area (Å²) >= 11 is 0. The predicted molar refractivity (Wildman–Crippen MR) is 56.9 cm³/mol. The van der Waals surface area contributed by atoms with E-state index in [1.165, 1.54) is 0 Å². The van der Waals surface area contributed by atoms with Crippen LogP contribution in [-0.2, 0) is 4.79 Å². The van der Waals surface area contributed by atoms with Gasteiger partial charge in [0.1, 0.15) is 5.75 Å². The summed E-state index contributed by atoms with van der Waals surface area (Å²) in [4.78, 5) is 10.5. The first kappa shape index (κ1) is 11.5. The van der Waals surface area contributed by atoms with Crippen LogP contribution in [0.25, 0.3) is 0 Å². The number of hydrogen-bond acceptors (Lipinski definition) is 3. The number of carboxylic acids is 1. The molecule has 15 heavy (non-hydrogen) atoms. The smallest absolute Gasteiger partial charge is 0.305 e. The lowest BCUT2D eigenvalue weighted by molar-refractivity contribution is -0.137. The highest BCUT2D eigenvalue weighted by Gasteiger charge is 2.15. The Kier molecular flexibility index (Phi) is 3.68. The van der Waals surface area contributed by atoms with Gasteiger partial charge in [-0.05, 0) is 12.5 Å². The van der Waals surface area contributed by atoms with Crippen LogP contribution in [0, 0.1) is 6.92 Å². The Bertz CT molecular complexity index is 363. The number of nitrogens with two attached hydrogens (primary N) is 1. The molecule has 3 N–H and O–H groups in total. The van der Waals surface area contributed by atoms with Crippen LogP contribution in [0.1, 0.15) is 23.6 Å². The highest BCUT2D eigenvalue weighted by atomic mass is 16.5. The average molecular weight is 209 g/mol. The van der Waals surface area contributed by atoms with Crippen molar-refractivity contribution >= 4 is 5.97 Å². The van der Waals surface area contributed by atoms with E-state index >= 15 is 0 Å².